The fourth-order valence-electron chi connectivity index (χ4n) is 1.60. The summed E-state index contributed by atoms with van der Waals surface area (Å²) >= 11 is 0. The molecule has 2 aromatic rings. The first-order chi connectivity index (χ1) is 9.40. The van der Waals surface area contributed by atoms with Gasteiger partial charge in [0, 0.05) is 12.2 Å². The van der Waals surface area contributed by atoms with Crippen molar-refractivity contribution in [1.82, 2.24) is 4.72 Å². The van der Waals surface area contributed by atoms with Crippen LogP contribution >= 0.6 is 0 Å². The van der Waals surface area contributed by atoms with E-state index in [1.807, 2.05) is 0 Å². The van der Waals surface area contributed by atoms with E-state index in [0.717, 1.165) is 12.1 Å². The predicted molar refractivity (Wildman–Crippen MR) is 71.2 cm³/mol. The van der Waals surface area contributed by atoms with Crippen LogP contribution in [0, 0.1) is 11.6 Å². The molecule has 0 unspecified atom stereocenters. The van der Waals surface area contributed by atoms with Gasteiger partial charge in [-0.05, 0) is 29.8 Å². The molecule has 0 aliphatic rings. The van der Waals surface area contributed by atoms with Gasteiger partial charge in [-0.25, -0.2) is 21.9 Å². The second-order valence-corrected chi connectivity index (χ2v) is 5.87. The van der Waals surface area contributed by atoms with Gasteiger partial charge in [-0.1, -0.05) is 18.2 Å². The van der Waals surface area contributed by atoms with Crippen molar-refractivity contribution in [3.05, 3.63) is 59.7 Å². The van der Waals surface area contributed by atoms with Crippen LogP contribution < -0.4 is 10.5 Å². The third kappa shape index (κ3) is 3.12. The summed E-state index contributed by atoms with van der Waals surface area (Å²) in [6.45, 7) is -0.0337. The molecular weight excluding hydrogens is 286 g/mol. The highest BCUT2D eigenvalue weighted by molar-refractivity contribution is 7.89. The topological polar surface area (TPSA) is 72.2 Å². The highest BCUT2D eigenvalue weighted by Crippen LogP contribution is 2.15. The maximum absolute atomic E-state index is 13.0. The van der Waals surface area contributed by atoms with Gasteiger partial charge in [0.2, 0.25) is 10.0 Å². The Kier molecular flexibility index (Phi) is 4.01. The van der Waals surface area contributed by atoms with E-state index in [0.29, 0.717) is 17.3 Å². The number of benzene rings is 2. The van der Waals surface area contributed by atoms with Crippen LogP contribution in [0.15, 0.2) is 47.4 Å². The molecule has 0 heterocycles. The number of rotatable bonds is 4. The summed E-state index contributed by atoms with van der Waals surface area (Å²) in [5.41, 5.74) is 6.73. The molecule has 0 saturated heterocycles. The summed E-state index contributed by atoms with van der Waals surface area (Å²) in [6, 6.07) is 9.15. The number of anilines is 1. The maximum Gasteiger partial charge on any atom is 0.240 e. The van der Waals surface area contributed by atoms with E-state index in [-0.39, 0.29) is 11.4 Å². The van der Waals surface area contributed by atoms with Crippen LogP contribution in [-0.4, -0.2) is 8.42 Å². The number of nitrogen functional groups attached to an aromatic ring is 1. The molecule has 2 aromatic carbocycles. The van der Waals surface area contributed by atoms with E-state index in [2.05, 4.69) is 4.72 Å². The Bertz CT molecular complexity index is 733. The third-order valence-electron chi connectivity index (χ3n) is 2.71. The van der Waals surface area contributed by atoms with Crippen molar-refractivity contribution in [1.29, 1.82) is 0 Å². The van der Waals surface area contributed by atoms with E-state index in [1.165, 1.54) is 0 Å². The predicted octanol–water partition coefficient (Wildman–Crippen LogP) is 2.03. The zero-order valence-corrected chi connectivity index (χ0v) is 11.1. The number of nitrogens with two attached hydrogens (primary N) is 1. The molecule has 2 rings (SSSR count). The summed E-state index contributed by atoms with van der Waals surface area (Å²) in [6.07, 6.45) is 0. The van der Waals surface area contributed by atoms with Gasteiger partial charge in [0.15, 0.2) is 11.6 Å². The highest BCUT2D eigenvalue weighted by Gasteiger charge is 2.16. The fourth-order valence-corrected chi connectivity index (χ4v) is 2.61. The first-order valence-electron chi connectivity index (χ1n) is 5.68. The average Bonchev–Trinajstić information content (AvgIpc) is 2.41. The van der Waals surface area contributed by atoms with Crippen LogP contribution in [0.4, 0.5) is 14.5 Å². The largest absolute Gasteiger partial charge is 0.398 e. The summed E-state index contributed by atoms with van der Waals surface area (Å²) in [7, 11) is -3.93. The molecule has 0 amide bonds. The van der Waals surface area contributed by atoms with E-state index in [9.17, 15) is 17.2 Å². The molecule has 0 aromatic heterocycles. The number of nitrogens with one attached hydrogen (secondary N) is 1. The molecular formula is C13H12F2N2O2S. The van der Waals surface area contributed by atoms with Gasteiger partial charge in [0.25, 0.3) is 0 Å². The summed E-state index contributed by atoms with van der Waals surface area (Å²) in [5, 5.41) is 0. The Morgan fingerprint density at radius 3 is 2.40 bits per heavy atom. The molecule has 0 atom stereocenters. The Morgan fingerprint density at radius 1 is 1.05 bits per heavy atom. The zero-order valence-electron chi connectivity index (χ0n) is 10.3. The summed E-state index contributed by atoms with van der Waals surface area (Å²) in [4.78, 5) is -0.342. The van der Waals surface area contributed by atoms with Gasteiger partial charge in [-0.2, -0.15) is 0 Å². The Balaban J connectivity index is 2.19. The van der Waals surface area contributed by atoms with Gasteiger partial charge in [-0.3, -0.25) is 0 Å². The molecule has 0 bridgehead atoms. The molecule has 4 nitrogen and oxygen atoms in total. The molecule has 7 heteroatoms. The molecule has 20 heavy (non-hydrogen) atoms. The van der Waals surface area contributed by atoms with Crippen LogP contribution in [0.25, 0.3) is 0 Å². The lowest BCUT2D eigenvalue weighted by molar-refractivity contribution is 0.504. The van der Waals surface area contributed by atoms with Crippen molar-refractivity contribution < 1.29 is 17.2 Å². The minimum absolute atomic E-state index is 0.0337. The van der Waals surface area contributed by atoms with Gasteiger partial charge in [-0.15, -0.1) is 0 Å². The van der Waals surface area contributed by atoms with Crippen LogP contribution in [-0.2, 0) is 16.6 Å². The molecule has 0 radical (unpaired) electrons. The zero-order chi connectivity index (χ0) is 14.8. The lowest BCUT2D eigenvalue weighted by Crippen LogP contribution is -2.23. The molecule has 0 aliphatic heterocycles. The number of hydrogen-bond acceptors (Lipinski definition) is 3. The smallest absolute Gasteiger partial charge is 0.240 e. The van der Waals surface area contributed by atoms with Gasteiger partial charge in [0.1, 0.15) is 0 Å². The monoisotopic (exact) mass is 298 g/mol. The molecule has 3 N–H and O–H groups in total. The summed E-state index contributed by atoms with van der Waals surface area (Å²) < 4.78 is 52.0. The quantitative estimate of drug-likeness (QED) is 0.848. The normalized spacial score (nSPS) is 11.5. The third-order valence-corrected chi connectivity index (χ3v) is 4.11. The van der Waals surface area contributed by atoms with Crippen molar-refractivity contribution in [3.8, 4) is 0 Å². The summed E-state index contributed by atoms with van der Waals surface area (Å²) in [5.74, 6) is -2.32. The van der Waals surface area contributed by atoms with E-state index in [4.69, 9.17) is 5.73 Å². The lowest BCUT2D eigenvalue weighted by Gasteiger charge is -2.09. The van der Waals surface area contributed by atoms with Crippen molar-refractivity contribution in [2.45, 2.75) is 11.4 Å². The van der Waals surface area contributed by atoms with Gasteiger partial charge < -0.3 is 5.73 Å². The van der Waals surface area contributed by atoms with E-state index in [1.54, 1.807) is 24.3 Å². The molecule has 0 saturated carbocycles. The number of para-hydroxylation sites is 1. The van der Waals surface area contributed by atoms with Gasteiger partial charge in [0.05, 0.1) is 4.90 Å². The maximum atomic E-state index is 13.0. The first kappa shape index (κ1) is 14.4. The Hall–Kier alpha value is -1.99. The van der Waals surface area contributed by atoms with Crippen molar-refractivity contribution in [3.63, 3.8) is 0 Å². The highest BCUT2D eigenvalue weighted by atomic mass is 32.2. The Morgan fingerprint density at radius 2 is 1.75 bits per heavy atom. The van der Waals surface area contributed by atoms with Crippen LogP contribution in [0.2, 0.25) is 0 Å². The number of halogens is 2. The van der Waals surface area contributed by atoms with Crippen molar-refractivity contribution in [2.24, 2.45) is 0 Å². The fraction of sp³-hybridized carbons (Fsp3) is 0.0769. The molecule has 0 fully saturated rings. The van der Waals surface area contributed by atoms with E-state index >= 15 is 0 Å². The Labute approximate surface area is 115 Å². The van der Waals surface area contributed by atoms with Crippen molar-refractivity contribution >= 4 is 15.7 Å². The average molecular weight is 298 g/mol. The van der Waals surface area contributed by atoms with E-state index < -0.39 is 21.7 Å². The standard InChI is InChI=1S/C13H12F2N2O2S/c14-11-6-5-10(7-12(11)15)20(18,19)17-8-9-3-1-2-4-13(9)16/h1-7,17H,8,16H2. The number of sulfonamides is 1. The second-order valence-electron chi connectivity index (χ2n) is 4.10. The molecule has 0 spiro atoms. The van der Waals surface area contributed by atoms with Crippen LogP contribution in [0.5, 0.6) is 0 Å². The number of hydrogen-bond donors (Lipinski definition) is 2. The van der Waals surface area contributed by atoms with Crippen molar-refractivity contribution in [2.75, 3.05) is 5.73 Å². The lowest BCUT2D eigenvalue weighted by atomic mass is 10.2. The van der Waals surface area contributed by atoms with Gasteiger partial charge >= 0.3 is 0 Å². The van der Waals surface area contributed by atoms with Crippen LogP contribution in [0.3, 0.4) is 0 Å². The minimum Gasteiger partial charge on any atom is -0.398 e. The SMILES string of the molecule is Nc1ccccc1CNS(=O)(=O)c1ccc(F)c(F)c1. The minimum atomic E-state index is -3.93. The second kappa shape index (κ2) is 5.56. The molecule has 106 valence electrons. The van der Waals surface area contributed by atoms with Crippen LogP contribution in [0.1, 0.15) is 5.56 Å². The first-order valence-corrected chi connectivity index (χ1v) is 7.16. The molecule has 0 aliphatic carbocycles.